The fourth-order valence-corrected chi connectivity index (χ4v) is 1.77. The topological polar surface area (TPSA) is 76.7 Å². The Morgan fingerprint density at radius 1 is 1.33 bits per heavy atom. The second-order valence-electron chi connectivity index (χ2n) is 4.12. The van der Waals surface area contributed by atoms with Gasteiger partial charge < -0.3 is 20.1 Å². The number of hydrogen-bond donors (Lipinski definition) is 2. The van der Waals surface area contributed by atoms with E-state index < -0.39 is 0 Å². The number of carbonyl (C=O) groups is 2. The molecule has 116 valence electrons. The van der Waals surface area contributed by atoms with E-state index in [2.05, 4.69) is 10.6 Å². The van der Waals surface area contributed by atoms with Crippen molar-refractivity contribution in [3.8, 4) is 5.75 Å². The number of methoxy groups -OCH3 is 1. The molecule has 0 aromatic heterocycles. The lowest BCUT2D eigenvalue weighted by Crippen LogP contribution is -2.30. The Morgan fingerprint density at radius 2 is 2.10 bits per heavy atom. The van der Waals surface area contributed by atoms with Gasteiger partial charge >= 0.3 is 5.97 Å². The van der Waals surface area contributed by atoms with Gasteiger partial charge in [-0.05, 0) is 25.1 Å². The molecular formula is C14H19ClN2O4. The van der Waals surface area contributed by atoms with Crippen LogP contribution in [0.1, 0.15) is 13.3 Å². The highest BCUT2D eigenvalue weighted by Gasteiger charge is 2.08. The van der Waals surface area contributed by atoms with Crippen molar-refractivity contribution in [1.29, 1.82) is 0 Å². The van der Waals surface area contributed by atoms with Crippen molar-refractivity contribution in [3.63, 3.8) is 0 Å². The molecule has 1 rings (SSSR count). The molecule has 0 bridgehead atoms. The van der Waals surface area contributed by atoms with Gasteiger partial charge in [0, 0.05) is 11.6 Å². The summed E-state index contributed by atoms with van der Waals surface area (Å²) in [5.74, 6) is -0.0133. The van der Waals surface area contributed by atoms with E-state index in [9.17, 15) is 9.59 Å². The van der Waals surface area contributed by atoms with E-state index >= 15 is 0 Å². The van der Waals surface area contributed by atoms with Gasteiger partial charge in [-0.2, -0.15) is 0 Å². The Labute approximate surface area is 128 Å². The van der Waals surface area contributed by atoms with Gasteiger partial charge in [0.15, 0.2) is 0 Å². The summed E-state index contributed by atoms with van der Waals surface area (Å²) in [6.45, 7) is 2.55. The average Bonchev–Trinajstić information content (AvgIpc) is 2.44. The second kappa shape index (κ2) is 9.20. The lowest BCUT2D eigenvalue weighted by molar-refractivity contribution is -0.143. The zero-order chi connectivity index (χ0) is 15.7. The van der Waals surface area contributed by atoms with Crippen molar-refractivity contribution in [3.05, 3.63) is 23.2 Å². The van der Waals surface area contributed by atoms with Crippen molar-refractivity contribution in [1.82, 2.24) is 5.32 Å². The van der Waals surface area contributed by atoms with Crippen molar-refractivity contribution in [2.75, 3.05) is 32.1 Å². The molecule has 0 saturated heterocycles. The molecule has 0 aliphatic carbocycles. The summed E-state index contributed by atoms with van der Waals surface area (Å²) in [6, 6.07) is 4.96. The first-order chi connectivity index (χ1) is 10.1. The number of anilines is 1. The Morgan fingerprint density at radius 3 is 2.76 bits per heavy atom. The zero-order valence-electron chi connectivity index (χ0n) is 12.1. The number of ether oxygens (including phenoxy) is 2. The summed E-state index contributed by atoms with van der Waals surface area (Å²) in [5.41, 5.74) is 0.502. The molecule has 2 N–H and O–H groups in total. The molecule has 0 aliphatic heterocycles. The monoisotopic (exact) mass is 314 g/mol. The molecule has 0 aliphatic rings. The number of rotatable bonds is 8. The summed E-state index contributed by atoms with van der Waals surface area (Å²) >= 11 is 5.87. The molecule has 0 saturated carbocycles. The Bertz CT molecular complexity index is 494. The van der Waals surface area contributed by atoms with E-state index in [1.54, 1.807) is 25.1 Å². The minimum Gasteiger partial charge on any atom is -0.495 e. The quantitative estimate of drug-likeness (QED) is 0.565. The highest BCUT2D eigenvalue weighted by Crippen LogP contribution is 2.27. The van der Waals surface area contributed by atoms with Crippen LogP contribution in [0.3, 0.4) is 0 Å². The first-order valence-corrected chi connectivity index (χ1v) is 6.94. The standard InChI is InChI=1S/C14H19ClN2O4/c1-3-21-14(19)6-7-16-9-13(18)17-11-8-10(15)4-5-12(11)20-2/h4-5,8,16H,3,6-7,9H2,1-2H3,(H,17,18). The van der Waals surface area contributed by atoms with E-state index in [0.717, 1.165) is 0 Å². The molecule has 6 nitrogen and oxygen atoms in total. The van der Waals surface area contributed by atoms with Gasteiger partial charge in [-0.15, -0.1) is 0 Å². The third-order valence-corrected chi connectivity index (χ3v) is 2.77. The largest absolute Gasteiger partial charge is 0.495 e. The Kier molecular flexibility index (Phi) is 7.56. The van der Waals surface area contributed by atoms with Gasteiger partial charge in [0.05, 0.1) is 32.4 Å². The van der Waals surface area contributed by atoms with E-state index in [0.29, 0.717) is 29.6 Å². The lowest BCUT2D eigenvalue weighted by atomic mass is 10.3. The highest BCUT2D eigenvalue weighted by molar-refractivity contribution is 6.31. The maximum atomic E-state index is 11.8. The van der Waals surface area contributed by atoms with Gasteiger partial charge in [0.1, 0.15) is 5.75 Å². The van der Waals surface area contributed by atoms with Crippen LogP contribution in [0.4, 0.5) is 5.69 Å². The van der Waals surface area contributed by atoms with Crippen LogP contribution in [-0.2, 0) is 14.3 Å². The molecular weight excluding hydrogens is 296 g/mol. The average molecular weight is 315 g/mol. The van der Waals surface area contributed by atoms with E-state index in [1.807, 2.05) is 0 Å². The number of hydrogen-bond acceptors (Lipinski definition) is 5. The number of carbonyl (C=O) groups excluding carboxylic acids is 2. The van der Waals surface area contributed by atoms with Gasteiger partial charge in [-0.1, -0.05) is 11.6 Å². The van der Waals surface area contributed by atoms with Gasteiger partial charge in [-0.25, -0.2) is 0 Å². The number of benzene rings is 1. The molecule has 0 radical (unpaired) electrons. The van der Waals surface area contributed by atoms with Gasteiger partial charge in [0.2, 0.25) is 5.91 Å². The number of nitrogens with one attached hydrogen (secondary N) is 2. The summed E-state index contributed by atoms with van der Waals surface area (Å²) < 4.78 is 9.91. The van der Waals surface area contributed by atoms with Crippen LogP contribution < -0.4 is 15.4 Å². The fourth-order valence-electron chi connectivity index (χ4n) is 1.60. The van der Waals surface area contributed by atoms with E-state index in [1.165, 1.54) is 7.11 Å². The van der Waals surface area contributed by atoms with Crippen LogP contribution in [-0.4, -0.2) is 38.7 Å². The van der Waals surface area contributed by atoms with Crippen LogP contribution in [0.15, 0.2) is 18.2 Å². The first kappa shape index (κ1) is 17.3. The van der Waals surface area contributed by atoms with Crippen LogP contribution >= 0.6 is 11.6 Å². The second-order valence-corrected chi connectivity index (χ2v) is 4.56. The van der Waals surface area contributed by atoms with Crippen LogP contribution in [0.2, 0.25) is 5.02 Å². The number of amides is 1. The molecule has 0 unspecified atom stereocenters. The summed E-state index contributed by atoms with van der Waals surface area (Å²) in [5, 5.41) is 6.05. The normalized spacial score (nSPS) is 10.0. The van der Waals surface area contributed by atoms with Crippen LogP contribution in [0, 0.1) is 0 Å². The predicted octanol–water partition coefficient (Wildman–Crippen LogP) is 1.83. The van der Waals surface area contributed by atoms with Crippen molar-refractivity contribution < 1.29 is 19.1 Å². The minimum atomic E-state index is -0.290. The maximum Gasteiger partial charge on any atom is 0.307 e. The first-order valence-electron chi connectivity index (χ1n) is 6.56. The summed E-state index contributed by atoms with van der Waals surface area (Å²) in [6.07, 6.45) is 0.224. The fraction of sp³-hybridized carbons (Fsp3) is 0.429. The Balaban J connectivity index is 2.37. The molecule has 1 aromatic rings. The minimum absolute atomic E-state index is 0.0784. The smallest absolute Gasteiger partial charge is 0.307 e. The number of halogens is 1. The molecule has 1 amide bonds. The Hall–Kier alpha value is -1.79. The number of esters is 1. The SMILES string of the molecule is CCOC(=O)CCNCC(=O)Nc1cc(Cl)ccc1OC. The zero-order valence-corrected chi connectivity index (χ0v) is 12.8. The van der Waals surface area contributed by atoms with Crippen molar-refractivity contribution >= 4 is 29.2 Å². The van der Waals surface area contributed by atoms with Crippen LogP contribution in [0.5, 0.6) is 5.75 Å². The predicted molar refractivity (Wildman–Crippen MR) is 80.8 cm³/mol. The summed E-state index contributed by atoms with van der Waals surface area (Å²) in [7, 11) is 1.51. The third kappa shape index (κ3) is 6.46. The molecule has 21 heavy (non-hydrogen) atoms. The molecule has 0 atom stereocenters. The third-order valence-electron chi connectivity index (χ3n) is 2.53. The van der Waals surface area contributed by atoms with Crippen LogP contribution in [0.25, 0.3) is 0 Å². The summed E-state index contributed by atoms with van der Waals surface area (Å²) in [4.78, 5) is 22.9. The van der Waals surface area contributed by atoms with Crippen molar-refractivity contribution in [2.24, 2.45) is 0 Å². The molecule has 0 spiro atoms. The van der Waals surface area contributed by atoms with E-state index in [-0.39, 0.29) is 24.8 Å². The maximum absolute atomic E-state index is 11.8. The molecule has 1 aromatic carbocycles. The molecule has 0 heterocycles. The van der Waals surface area contributed by atoms with Gasteiger partial charge in [-0.3, -0.25) is 9.59 Å². The molecule has 7 heteroatoms. The van der Waals surface area contributed by atoms with E-state index in [4.69, 9.17) is 21.1 Å². The van der Waals surface area contributed by atoms with Crippen molar-refractivity contribution in [2.45, 2.75) is 13.3 Å². The lowest BCUT2D eigenvalue weighted by Gasteiger charge is -2.11. The van der Waals surface area contributed by atoms with Gasteiger partial charge in [0.25, 0.3) is 0 Å². The molecule has 0 fully saturated rings. The highest BCUT2D eigenvalue weighted by atomic mass is 35.5.